The summed E-state index contributed by atoms with van der Waals surface area (Å²) in [5.41, 5.74) is 3.60. The Morgan fingerprint density at radius 3 is 2.74 bits per heavy atom. The molecule has 0 spiro atoms. The molecular formula is C24H24N6O. The van der Waals surface area contributed by atoms with Gasteiger partial charge in [-0.3, -0.25) is 9.78 Å². The number of carbonyl (C=O) groups is 1. The number of H-pyrrole nitrogens is 1. The lowest BCUT2D eigenvalue weighted by Gasteiger charge is -2.20. The molecule has 7 heteroatoms. The van der Waals surface area contributed by atoms with E-state index in [1.807, 2.05) is 31.4 Å². The van der Waals surface area contributed by atoms with Crippen molar-refractivity contribution in [2.24, 2.45) is 0 Å². The number of carbonyl (C=O) groups excluding carboxylic acids is 1. The second kappa shape index (κ2) is 8.18. The van der Waals surface area contributed by atoms with Gasteiger partial charge in [0.05, 0.1) is 11.7 Å². The number of para-hydroxylation sites is 1. The zero-order valence-corrected chi connectivity index (χ0v) is 17.3. The van der Waals surface area contributed by atoms with Gasteiger partial charge in [-0.1, -0.05) is 18.2 Å². The number of nitrogens with one attached hydrogen (secondary N) is 3. The number of pyridine rings is 1. The fraction of sp³-hybridized carbons (Fsp3) is 0.250. The van der Waals surface area contributed by atoms with Crippen LogP contribution >= 0.6 is 0 Å². The van der Waals surface area contributed by atoms with Crippen LogP contribution in [0.4, 0.5) is 5.82 Å². The monoisotopic (exact) mass is 412 g/mol. The van der Waals surface area contributed by atoms with E-state index in [4.69, 9.17) is 4.98 Å². The molecule has 0 saturated heterocycles. The van der Waals surface area contributed by atoms with Crippen LogP contribution in [0.2, 0.25) is 0 Å². The molecule has 3 heterocycles. The number of hydrogen-bond donors (Lipinski definition) is 3. The number of nitrogens with zero attached hydrogens (tertiary/aromatic N) is 3. The van der Waals surface area contributed by atoms with Gasteiger partial charge >= 0.3 is 0 Å². The van der Waals surface area contributed by atoms with E-state index < -0.39 is 0 Å². The smallest absolute Gasteiger partial charge is 0.251 e. The lowest BCUT2D eigenvalue weighted by atomic mass is 10.0. The lowest BCUT2D eigenvalue weighted by Crippen LogP contribution is -2.31. The highest BCUT2D eigenvalue weighted by Crippen LogP contribution is 2.39. The number of amides is 1. The highest BCUT2D eigenvalue weighted by molar-refractivity contribution is 5.94. The minimum Gasteiger partial charge on any atom is -0.373 e. The maximum atomic E-state index is 13.0. The summed E-state index contributed by atoms with van der Waals surface area (Å²) in [6.45, 7) is 0. The van der Waals surface area contributed by atoms with E-state index in [0.29, 0.717) is 17.9 Å². The van der Waals surface area contributed by atoms with E-state index in [-0.39, 0.29) is 11.9 Å². The topological polar surface area (TPSA) is 95.6 Å². The number of hydrogen-bond acceptors (Lipinski definition) is 5. The van der Waals surface area contributed by atoms with E-state index in [1.54, 1.807) is 24.5 Å². The molecule has 31 heavy (non-hydrogen) atoms. The first-order valence-electron chi connectivity index (χ1n) is 10.5. The molecule has 5 rings (SSSR count). The van der Waals surface area contributed by atoms with Crippen LogP contribution in [0.25, 0.3) is 10.9 Å². The van der Waals surface area contributed by atoms with Crippen molar-refractivity contribution < 1.29 is 4.79 Å². The molecule has 1 aliphatic carbocycles. The van der Waals surface area contributed by atoms with Crippen molar-refractivity contribution in [2.75, 3.05) is 12.4 Å². The standard InChI is InChI=1S/C24H24N6O/c1-25-22-13-21(28-23(30-22)15-6-7-15)20(29-24(31)16-8-10-26-11-9-16)12-17-14-27-19-5-3-2-4-18(17)19/h2-5,8-11,13-15,20,27H,6-7,12H2,1H3,(H,29,31)(H,25,28,30). The molecule has 1 aromatic carbocycles. The first-order valence-corrected chi connectivity index (χ1v) is 10.5. The van der Waals surface area contributed by atoms with Crippen molar-refractivity contribution in [3.8, 4) is 0 Å². The molecule has 0 radical (unpaired) electrons. The van der Waals surface area contributed by atoms with Gasteiger partial charge in [-0.2, -0.15) is 0 Å². The van der Waals surface area contributed by atoms with Crippen molar-refractivity contribution in [1.29, 1.82) is 0 Å². The van der Waals surface area contributed by atoms with Crippen molar-refractivity contribution >= 4 is 22.6 Å². The molecule has 3 N–H and O–H groups in total. The quantitative estimate of drug-likeness (QED) is 0.427. The summed E-state index contributed by atoms with van der Waals surface area (Å²) in [4.78, 5) is 29.8. The summed E-state index contributed by atoms with van der Waals surface area (Å²) < 4.78 is 0. The third-order valence-corrected chi connectivity index (χ3v) is 5.67. The van der Waals surface area contributed by atoms with Gasteiger partial charge in [-0.15, -0.1) is 0 Å². The van der Waals surface area contributed by atoms with Gasteiger partial charge in [0.15, 0.2) is 0 Å². The number of rotatable bonds is 7. The number of aromatic amines is 1. The predicted octanol–water partition coefficient (Wildman–Crippen LogP) is 3.99. The van der Waals surface area contributed by atoms with E-state index in [9.17, 15) is 4.79 Å². The average Bonchev–Trinajstić information content (AvgIpc) is 3.60. The van der Waals surface area contributed by atoms with E-state index in [2.05, 4.69) is 37.7 Å². The maximum Gasteiger partial charge on any atom is 0.251 e. The van der Waals surface area contributed by atoms with Crippen molar-refractivity contribution in [1.82, 2.24) is 25.3 Å². The summed E-state index contributed by atoms with van der Waals surface area (Å²) in [6.07, 6.45) is 8.10. The molecule has 1 unspecified atom stereocenters. The highest BCUT2D eigenvalue weighted by atomic mass is 16.1. The van der Waals surface area contributed by atoms with E-state index in [0.717, 1.165) is 46.6 Å². The largest absolute Gasteiger partial charge is 0.373 e. The summed E-state index contributed by atoms with van der Waals surface area (Å²) in [7, 11) is 1.85. The number of fused-ring (bicyclic) bond motifs is 1. The highest BCUT2D eigenvalue weighted by Gasteiger charge is 2.29. The Bertz CT molecular complexity index is 1220. The number of aromatic nitrogens is 4. The number of benzene rings is 1. The molecule has 4 aromatic rings. The van der Waals surface area contributed by atoms with Crippen LogP contribution in [0.3, 0.4) is 0 Å². The zero-order valence-electron chi connectivity index (χ0n) is 17.3. The molecule has 156 valence electrons. The van der Waals surface area contributed by atoms with Crippen molar-refractivity contribution in [2.45, 2.75) is 31.2 Å². The van der Waals surface area contributed by atoms with Crippen LogP contribution in [-0.2, 0) is 6.42 Å². The minimum absolute atomic E-state index is 0.148. The van der Waals surface area contributed by atoms with Crippen LogP contribution in [0.1, 0.15) is 52.2 Å². The maximum absolute atomic E-state index is 13.0. The third kappa shape index (κ3) is 4.12. The second-order valence-electron chi connectivity index (χ2n) is 7.89. The Kier molecular flexibility index (Phi) is 5.08. The predicted molar refractivity (Wildman–Crippen MR) is 120 cm³/mol. The Morgan fingerprint density at radius 1 is 1.16 bits per heavy atom. The first kappa shape index (κ1) is 19.2. The normalized spacial score (nSPS) is 14.4. The van der Waals surface area contributed by atoms with Crippen molar-refractivity contribution in [3.63, 3.8) is 0 Å². The van der Waals surface area contributed by atoms with Gasteiger partial charge in [-0.05, 0) is 36.6 Å². The van der Waals surface area contributed by atoms with Gasteiger partial charge in [-0.25, -0.2) is 9.97 Å². The minimum atomic E-state index is -0.299. The number of anilines is 1. The Labute approximate surface area is 180 Å². The molecule has 0 aliphatic heterocycles. The van der Waals surface area contributed by atoms with Crippen LogP contribution in [-0.4, -0.2) is 32.9 Å². The average molecular weight is 412 g/mol. The van der Waals surface area contributed by atoms with Gasteiger partial charge < -0.3 is 15.6 Å². The molecule has 1 amide bonds. The van der Waals surface area contributed by atoms with Gasteiger partial charge in [0.25, 0.3) is 5.91 Å². The molecule has 3 aromatic heterocycles. The molecule has 0 bridgehead atoms. The molecule has 1 atom stereocenters. The molecule has 1 aliphatic rings. The summed E-state index contributed by atoms with van der Waals surface area (Å²) in [6, 6.07) is 13.2. The molecule has 7 nitrogen and oxygen atoms in total. The fourth-order valence-electron chi connectivity index (χ4n) is 3.81. The second-order valence-corrected chi connectivity index (χ2v) is 7.89. The van der Waals surface area contributed by atoms with Crippen molar-refractivity contribution in [3.05, 3.63) is 83.7 Å². The molecular weight excluding hydrogens is 388 g/mol. The van der Waals surface area contributed by atoms with E-state index >= 15 is 0 Å². The van der Waals surface area contributed by atoms with E-state index in [1.165, 1.54) is 0 Å². The molecule has 1 saturated carbocycles. The van der Waals surface area contributed by atoms with Crippen LogP contribution < -0.4 is 10.6 Å². The summed E-state index contributed by atoms with van der Waals surface area (Å²) >= 11 is 0. The van der Waals surface area contributed by atoms with Crippen LogP contribution in [0.15, 0.2) is 61.1 Å². The Hall–Kier alpha value is -3.74. The first-order chi connectivity index (χ1) is 15.2. The third-order valence-electron chi connectivity index (χ3n) is 5.67. The Morgan fingerprint density at radius 2 is 1.97 bits per heavy atom. The summed E-state index contributed by atoms with van der Waals surface area (Å²) in [5, 5.41) is 7.48. The van der Waals surface area contributed by atoms with Crippen LogP contribution in [0.5, 0.6) is 0 Å². The van der Waals surface area contributed by atoms with Crippen LogP contribution in [0, 0.1) is 0 Å². The molecule has 1 fully saturated rings. The van der Waals surface area contributed by atoms with Gasteiger partial charge in [0.1, 0.15) is 11.6 Å². The fourth-order valence-corrected chi connectivity index (χ4v) is 3.81. The Balaban J connectivity index is 1.52. The zero-order chi connectivity index (χ0) is 21.2. The van der Waals surface area contributed by atoms with Gasteiger partial charge in [0.2, 0.25) is 0 Å². The lowest BCUT2D eigenvalue weighted by molar-refractivity contribution is 0.0935. The van der Waals surface area contributed by atoms with Gasteiger partial charge in [0, 0.05) is 60.5 Å². The summed E-state index contributed by atoms with van der Waals surface area (Å²) in [5.74, 6) is 1.89. The SMILES string of the molecule is CNc1cc(C(Cc2c[nH]c3ccccc23)NC(=O)c2ccncc2)nc(C2CC2)n1.